The molecule has 0 heterocycles. The van der Waals surface area contributed by atoms with E-state index in [1.165, 1.54) is 0 Å². The van der Waals surface area contributed by atoms with Gasteiger partial charge in [-0.2, -0.15) is 0 Å². The molecule has 0 rings (SSSR count). The van der Waals surface area contributed by atoms with Crippen molar-refractivity contribution in [3.05, 3.63) is 0 Å². The number of ether oxygens (including phenoxy) is 1. The Labute approximate surface area is 96.8 Å². The standard InChI is InChI=1S/C11H23NO4/c1-10(2,3)16-9(15)12-7-6-11(4,5)8(13)14/h9,12,15H,6-7H2,1-5H3,(H,13,14). The number of aliphatic hydroxyl groups excluding tert-OH is 1. The van der Waals surface area contributed by atoms with Crippen LogP contribution in [0, 0.1) is 5.41 Å². The van der Waals surface area contributed by atoms with Gasteiger partial charge in [-0.1, -0.05) is 0 Å². The summed E-state index contributed by atoms with van der Waals surface area (Å²) in [5.41, 5.74) is -1.23. The lowest BCUT2D eigenvalue weighted by Crippen LogP contribution is -2.40. The van der Waals surface area contributed by atoms with Crippen LogP contribution in [0.3, 0.4) is 0 Å². The molecule has 96 valence electrons. The number of hydrogen-bond donors (Lipinski definition) is 3. The Morgan fingerprint density at radius 2 is 1.81 bits per heavy atom. The van der Waals surface area contributed by atoms with Gasteiger partial charge in [0.1, 0.15) is 0 Å². The minimum absolute atomic E-state index is 0.385. The van der Waals surface area contributed by atoms with E-state index >= 15 is 0 Å². The van der Waals surface area contributed by atoms with Crippen LogP contribution in [0.1, 0.15) is 41.0 Å². The Bertz CT molecular complexity index is 233. The lowest BCUT2D eigenvalue weighted by molar-refractivity contribution is -0.182. The molecule has 0 aliphatic carbocycles. The van der Waals surface area contributed by atoms with Crippen LogP contribution in [0.2, 0.25) is 0 Å². The molecule has 3 N–H and O–H groups in total. The first-order valence-corrected chi connectivity index (χ1v) is 5.37. The van der Waals surface area contributed by atoms with Gasteiger partial charge in [0.15, 0.2) is 0 Å². The second kappa shape index (κ2) is 5.61. The highest BCUT2D eigenvalue weighted by Gasteiger charge is 2.26. The molecule has 0 aromatic heterocycles. The van der Waals surface area contributed by atoms with Gasteiger partial charge in [-0.05, 0) is 41.0 Å². The molecule has 0 spiro atoms. The van der Waals surface area contributed by atoms with E-state index < -0.39 is 23.4 Å². The normalized spacial score (nSPS) is 14.9. The highest BCUT2D eigenvalue weighted by Crippen LogP contribution is 2.19. The van der Waals surface area contributed by atoms with Gasteiger partial charge in [-0.3, -0.25) is 10.1 Å². The van der Waals surface area contributed by atoms with Crippen molar-refractivity contribution in [1.82, 2.24) is 5.32 Å². The lowest BCUT2D eigenvalue weighted by atomic mass is 9.90. The van der Waals surface area contributed by atoms with Crippen molar-refractivity contribution in [2.45, 2.75) is 53.1 Å². The van der Waals surface area contributed by atoms with Gasteiger partial charge >= 0.3 is 5.97 Å². The van der Waals surface area contributed by atoms with Crippen molar-refractivity contribution in [3.63, 3.8) is 0 Å². The summed E-state index contributed by atoms with van der Waals surface area (Å²) in [5.74, 6) is -0.847. The van der Waals surface area contributed by atoms with Gasteiger partial charge in [-0.15, -0.1) is 0 Å². The van der Waals surface area contributed by atoms with Crippen LogP contribution in [-0.2, 0) is 9.53 Å². The molecule has 0 aromatic rings. The fourth-order valence-electron chi connectivity index (χ4n) is 0.992. The number of rotatable bonds is 6. The Balaban J connectivity index is 3.87. The third-order valence-corrected chi connectivity index (χ3v) is 2.11. The molecule has 0 bridgehead atoms. The molecule has 0 radical (unpaired) electrons. The molecule has 0 fully saturated rings. The summed E-state index contributed by atoms with van der Waals surface area (Å²) in [6, 6.07) is 0. The van der Waals surface area contributed by atoms with Gasteiger partial charge in [-0.25, -0.2) is 0 Å². The smallest absolute Gasteiger partial charge is 0.309 e. The molecule has 0 amide bonds. The van der Waals surface area contributed by atoms with E-state index in [1.807, 2.05) is 20.8 Å². The summed E-state index contributed by atoms with van der Waals surface area (Å²) in [6.07, 6.45) is -0.642. The van der Waals surface area contributed by atoms with E-state index in [0.717, 1.165) is 0 Å². The zero-order valence-electron chi connectivity index (χ0n) is 10.7. The summed E-state index contributed by atoms with van der Waals surface area (Å²) in [7, 11) is 0. The number of carboxylic acid groups (broad SMARTS) is 1. The third kappa shape index (κ3) is 6.76. The molecule has 5 nitrogen and oxygen atoms in total. The molecule has 0 aromatic carbocycles. The van der Waals surface area contributed by atoms with E-state index in [1.54, 1.807) is 13.8 Å². The fraction of sp³-hybridized carbons (Fsp3) is 0.909. The van der Waals surface area contributed by atoms with Crippen molar-refractivity contribution >= 4 is 5.97 Å². The van der Waals surface area contributed by atoms with Gasteiger partial charge in [0, 0.05) is 6.54 Å². The first-order valence-electron chi connectivity index (χ1n) is 5.37. The minimum atomic E-state index is -1.07. The molecule has 0 saturated heterocycles. The molecule has 1 unspecified atom stereocenters. The van der Waals surface area contributed by atoms with E-state index in [-0.39, 0.29) is 0 Å². The van der Waals surface area contributed by atoms with E-state index in [4.69, 9.17) is 9.84 Å². The van der Waals surface area contributed by atoms with Gasteiger partial charge in [0.2, 0.25) is 6.41 Å². The molecular formula is C11H23NO4. The first-order chi connectivity index (χ1) is 7.04. The Kier molecular flexibility index (Phi) is 5.38. The summed E-state index contributed by atoms with van der Waals surface area (Å²) < 4.78 is 5.21. The van der Waals surface area contributed by atoms with Crippen LogP contribution in [0.5, 0.6) is 0 Å². The van der Waals surface area contributed by atoms with Crippen molar-refractivity contribution in [2.24, 2.45) is 5.41 Å². The van der Waals surface area contributed by atoms with Crippen molar-refractivity contribution in [1.29, 1.82) is 0 Å². The summed E-state index contributed by atoms with van der Waals surface area (Å²) in [4.78, 5) is 10.8. The fourth-order valence-corrected chi connectivity index (χ4v) is 0.992. The molecule has 0 aliphatic heterocycles. The predicted molar refractivity (Wildman–Crippen MR) is 60.9 cm³/mol. The summed E-state index contributed by atoms with van der Waals surface area (Å²) in [5, 5.41) is 21.0. The van der Waals surface area contributed by atoms with Crippen LogP contribution in [0.25, 0.3) is 0 Å². The summed E-state index contributed by atoms with van der Waals surface area (Å²) >= 11 is 0. The average Bonchev–Trinajstić information content (AvgIpc) is 1.99. The van der Waals surface area contributed by atoms with Crippen LogP contribution in [0.15, 0.2) is 0 Å². The van der Waals surface area contributed by atoms with Crippen LogP contribution >= 0.6 is 0 Å². The summed E-state index contributed by atoms with van der Waals surface area (Å²) in [6.45, 7) is 9.18. The zero-order chi connectivity index (χ0) is 13.0. The van der Waals surface area contributed by atoms with Crippen LogP contribution in [0.4, 0.5) is 0 Å². The predicted octanol–water partition coefficient (Wildman–Crippen LogP) is 1.17. The molecule has 0 saturated carbocycles. The number of aliphatic carboxylic acids is 1. The molecule has 16 heavy (non-hydrogen) atoms. The second-order valence-corrected chi connectivity index (χ2v) is 5.48. The van der Waals surface area contributed by atoms with E-state index in [9.17, 15) is 9.90 Å². The number of hydrogen-bond acceptors (Lipinski definition) is 4. The largest absolute Gasteiger partial charge is 0.481 e. The highest BCUT2D eigenvalue weighted by atomic mass is 16.6. The van der Waals surface area contributed by atoms with Gasteiger partial charge < -0.3 is 14.9 Å². The number of nitrogens with one attached hydrogen (secondary N) is 1. The molecule has 5 heteroatoms. The van der Waals surface area contributed by atoms with Gasteiger partial charge in [0.25, 0.3) is 0 Å². The number of carbonyl (C=O) groups is 1. The molecular weight excluding hydrogens is 210 g/mol. The average molecular weight is 233 g/mol. The van der Waals surface area contributed by atoms with E-state index in [2.05, 4.69) is 5.32 Å². The topological polar surface area (TPSA) is 78.8 Å². The quantitative estimate of drug-likeness (QED) is 0.600. The molecule has 1 atom stereocenters. The van der Waals surface area contributed by atoms with E-state index in [0.29, 0.717) is 13.0 Å². The number of aliphatic hydroxyl groups is 1. The maximum absolute atomic E-state index is 10.8. The van der Waals surface area contributed by atoms with Crippen LogP contribution < -0.4 is 5.32 Å². The minimum Gasteiger partial charge on any atom is -0.481 e. The monoisotopic (exact) mass is 233 g/mol. The van der Waals surface area contributed by atoms with Gasteiger partial charge in [0.05, 0.1) is 11.0 Å². The second-order valence-electron chi connectivity index (χ2n) is 5.48. The van der Waals surface area contributed by atoms with Crippen molar-refractivity contribution < 1.29 is 19.7 Å². The first kappa shape index (κ1) is 15.3. The van der Waals surface area contributed by atoms with Crippen molar-refractivity contribution in [2.75, 3.05) is 6.54 Å². The maximum Gasteiger partial charge on any atom is 0.309 e. The highest BCUT2D eigenvalue weighted by molar-refractivity contribution is 5.73. The Morgan fingerprint density at radius 3 is 2.19 bits per heavy atom. The SMILES string of the molecule is CC(C)(C)OC(O)NCCC(C)(C)C(=O)O. The maximum atomic E-state index is 10.8. The van der Waals surface area contributed by atoms with Crippen molar-refractivity contribution in [3.8, 4) is 0 Å². The zero-order valence-corrected chi connectivity index (χ0v) is 10.7. The Hall–Kier alpha value is -0.650. The Morgan fingerprint density at radius 1 is 1.31 bits per heavy atom. The van der Waals surface area contributed by atoms with Crippen LogP contribution in [-0.4, -0.2) is 34.7 Å². The molecule has 0 aliphatic rings. The number of carboxylic acids is 1. The lowest BCUT2D eigenvalue weighted by Gasteiger charge is -2.25. The third-order valence-electron chi connectivity index (χ3n) is 2.11.